The van der Waals surface area contributed by atoms with Crippen molar-refractivity contribution in [1.82, 2.24) is 5.43 Å². The molecule has 0 fully saturated rings. The van der Waals surface area contributed by atoms with Crippen LogP contribution in [0.1, 0.15) is 15.9 Å². The Morgan fingerprint density at radius 2 is 1.55 bits per heavy atom. The lowest BCUT2D eigenvalue weighted by atomic mass is 10.2. The molecule has 7 nitrogen and oxygen atoms in total. The van der Waals surface area contributed by atoms with Gasteiger partial charge in [0, 0.05) is 0 Å². The molecular weight excluding hydrogens is 441 g/mol. The fourth-order valence-electron chi connectivity index (χ4n) is 2.36. The molecule has 0 aromatic heterocycles. The van der Waals surface area contributed by atoms with Crippen molar-refractivity contribution >= 4 is 52.9 Å². The van der Waals surface area contributed by atoms with Crippen LogP contribution in [0, 0.1) is 0 Å². The lowest BCUT2D eigenvalue weighted by Crippen LogP contribution is -2.32. The smallest absolute Gasteiger partial charge is 0.343 e. The maximum Gasteiger partial charge on any atom is 0.343 e. The van der Waals surface area contributed by atoms with E-state index in [9.17, 15) is 14.4 Å². The second kappa shape index (κ2) is 10.4. The van der Waals surface area contributed by atoms with Gasteiger partial charge in [0.1, 0.15) is 5.75 Å². The number of nitrogens with one attached hydrogen (secondary N) is 2. The first-order chi connectivity index (χ1) is 14.9. The molecule has 2 N–H and O–H groups in total. The molecule has 31 heavy (non-hydrogen) atoms. The minimum Gasteiger partial charge on any atom is -0.423 e. The van der Waals surface area contributed by atoms with Gasteiger partial charge < -0.3 is 10.1 Å². The van der Waals surface area contributed by atoms with Crippen molar-refractivity contribution in [1.29, 1.82) is 0 Å². The van der Waals surface area contributed by atoms with E-state index >= 15 is 0 Å². The van der Waals surface area contributed by atoms with E-state index in [-0.39, 0.29) is 15.7 Å². The van der Waals surface area contributed by atoms with Crippen molar-refractivity contribution < 1.29 is 19.1 Å². The molecule has 0 unspecified atom stereocenters. The van der Waals surface area contributed by atoms with Crippen molar-refractivity contribution in [3.63, 3.8) is 0 Å². The molecule has 0 spiro atoms. The molecule has 0 bridgehead atoms. The lowest BCUT2D eigenvalue weighted by molar-refractivity contribution is -0.136. The monoisotopic (exact) mass is 455 g/mol. The Morgan fingerprint density at radius 1 is 0.839 bits per heavy atom. The number of hydrazone groups is 1. The van der Waals surface area contributed by atoms with E-state index in [1.54, 1.807) is 66.7 Å². The van der Waals surface area contributed by atoms with Crippen LogP contribution in [-0.4, -0.2) is 24.0 Å². The Hall–Kier alpha value is -3.68. The summed E-state index contributed by atoms with van der Waals surface area (Å²) >= 11 is 11.8. The van der Waals surface area contributed by atoms with Gasteiger partial charge in [-0.3, -0.25) is 9.59 Å². The Labute approximate surface area is 187 Å². The Balaban J connectivity index is 1.52. The number of esters is 1. The van der Waals surface area contributed by atoms with Crippen LogP contribution in [-0.2, 0) is 9.59 Å². The van der Waals surface area contributed by atoms with Crippen molar-refractivity contribution in [2.45, 2.75) is 0 Å². The van der Waals surface area contributed by atoms with E-state index in [0.29, 0.717) is 16.9 Å². The summed E-state index contributed by atoms with van der Waals surface area (Å²) in [5, 5.41) is 6.45. The van der Waals surface area contributed by atoms with Crippen molar-refractivity contribution in [2.24, 2.45) is 5.10 Å². The molecule has 0 aliphatic heterocycles. The van der Waals surface area contributed by atoms with Gasteiger partial charge in [0.15, 0.2) is 0 Å². The molecule has 0 saturated carbocycles. The predicted octanol–water partition coefficient (Wildman–Crippen LogP) is 4.30. The third-order valence-corrected chi connectivity index (χ3v) is 4.70. The van der Waals surface area contributed by atoms with Gasteiger partial charge in [-0.2, -0.15) is 5.10 Å². The number of amides is 2. The highest BCUT2D eigenvalue weighted by Gasteiger charge is 2.15. The number of halogens is 2. The fourth-order valence-corrected chi connectivity index (χ4v) is 2.71. The van der Waals surface area contributed by atoms with Gasteiger partial charge in [-0.15, -0.1) is 0 Å². The zero-order valence-corrected chi connectivity index (χ0v) is 17.4. The largest absolute Gasteiger partial charge is 0.423 e. The molecule has 0 atom stereocenters. The van der Waals surface area contributed by atoms with Gasteiger partial charge in [-0.05, 0) is 54.1 Å². The minimum atomic E-state index is -0.985. The first kappa shape index (κ1) is 22.0. The molecule has 0 heterocycles. The van der Waals surface area contributed by atoms with Crippen molar-refractivity contribution in [3.8, 4) is 5.75 Å². The summed E-state index contributed by atoms with van der Waals surface area (Å²) in [6.45, 7) is 0. The number of carbonyl (C=O) groups excluding carboxylic acids is 3. The van der Waals surface area contributed by atoms with Gasteiger partial charge >= 0.3 is 17.8 Å². The van der Waals surface area contributed by atoms with Crippen LogP contribution < -0.4 is 15.5 Å². The van der Waals surface area contributed by atoms with Gasteiger partial charge in [-0.1, -0.05) is 47.5 Å². The van der Waals surface area contributed by atoms with Gasteiger partial charge in [0.25, 0.3) is 0 Å². The fraction of sp³-hybridized carbons (Fsp3) is 0. The standard InChI is InChI=1S/C22H15Cl2N3O4/c23-17-7-4-8-18(19(17)24)26-20(28)21(29)27-25-13-14-9-11-16(12-10-14)31-22(30)15-5-2-1-3-6-15/h1-13H,(H,26,28)(H,27,29)/b25-13-. The highest BCUT2D eigenvalue weighted by Crippen LogP contribution is 2.29. The SMILES string of the molecule is O=C(N/N=C\c1ccc(OC(=O)c2ccccc2)cc1)C(=O)Nc1cccc(Cl)c1Cl. The van der Waals surface area contributed by atoms with E-state index in [1.165, 1.54) is 12.3 Å². The van der Waals surface area contributed by atoms with E-state index in [1.807, 2.05) is 0 Å². The number of nitrogens with zero attached hydrogens (tertiary/aromatic N) is 1. The van der Waals surface area contributed by atoms with E-state index in [4.69, 9.17) is 27.9 Å². The summed E-state index contributed by atoms with van der Waals surface area (Å²) in [7, 11) is 0. The average molecular weight is 456 g/mol. The van der Waals surface area contributed by atoms with Gasteiger partial charge in [0.2, 0.25) is 0 Å². The van der Waals surface area contributed by atoms with Crippen molar-refractivity contribution in [3.05, 3.63) is 94.0 Å². The molecule has 3 aromatic carbocycles. The van der Waals surface area contributed by atoms with Crippen LogP contribution in [0.4, 0.5) is 5.69 Å². The quantitative estimate of drug-likeness (QED) is 0.197. The normalized spacial score (nSPS) is 10.5. The zero-order valence-electron chi connectivity index (χ0n) is 15.8. The van der Waals surface area contributed by atoms with E-state index in [0.717, 1.165) is 0 Å². The Bertz CT molecular complexity index is 1130. The zero-order chi connectivity index (χ0) is 22.2. The number of benzene rings is 3. The maximum atomic E-state index is 12.0. The van der Waals surface area contributed by atoms with Gasteiger partial charge in [0.05, 0.1) is 27.5 Å². The predicted molar refractivity (Wildman–Crippen MR) is 119 cm³/mol. The van der Waals surface area contributed by atoms with Crippen LogP contribution >= 0.6 is 23.2 Å². The molecule has 156 valence electrons. The van der Waals surface area contributed by atoms with Gasteiger partial charge in [-0.25, -0.2) is 10.2 Å². The van der Waals surface area contributed by atoms with Crippen LogP contribution in [0.15, 0.2) is 77.9 Å². The molecule has 0 aliphatic rings. The topological polar surface area (TPSA) is 96.9 Å². The molecule has 9 heteroatoms. The van der Waals surface area contributed by atoms with Crippen LogP contribution in [0.3, 0.4) is 0 Å². The molecule has 0 radical (unpaired) electrons. The maximum absolute atomic E-state index is 12.0. The third-order valence-electron chi connectivity index (χ3n) is 3.89. The third kappa shape index (κ3) is 6.15. The first-order valence-corrected chi connectivity index (χ1v) is 9.65. The molecule has 3 aromatic rings. The van der Waals surface area contributed by atoms with Crippen molar-refractivity contribution in [2.75, 3.05) is 5.32 Å². The number of hydrogen-bond donors (Lipinski definition) is 2. The second-order valence-electron chi connectivity index (χ2n) is 6.08. The molecule has 0 saturated heterocycles. The highest BCUT2D eigenvalue weighted by molar-refractivity contribution is 6.45. The Kier molecular flexibility index (Phi) is 7.37. The Morgan fingerprint density at radius 3 is 2.26 bits per heavy atom. The van der Waals surface area contributed by atoms with E-state index in [2.05, 4.69) is 15.8 Å². The second-order valence-corrected chi connectivity index (χ2v) is 6.86. The number of carbonyl (C=O) groups is 3. The minimum absolute atomic E-state index is 0.127. The molecule has 2 amide bonds. The van der Waals surface area contributed by atoms with E-state index < -0.39 is 17.8 Å². The molecule has 3 rings (SSSR count). The number of rotatable bonds is 5. The number of ether oxygens (including phenoxy) is 1. The van der Waals surface area contributed by atoms with Crippen LogP contribution in [0.2, 0.25) is 10.0 Å². The summed E-state index contributed by atoms with van der Waals surface area (Å²) in [5.41, 5.74) is 3.37. The summed E-state index contributed by atoms with van der Waals surface area (Å²) in [6, 6.07) is 19.7. The number of hydrogen-bond acceptors (Lipinski definition) is 5. The highest BCUT2D eigenvalue weighted by atomic mass is 35.5. The average Bonchev–Trinajstić information content (AvgIpc) is 2.78. The first-order valence-electron chi connectivity index (χ1n) is 8.90. The summed E-state index contributed by atoms with van der Waals surface area (Å²) in [4.78, 5) is 35.8. The summed E-state index contributed by atoms with van der Waals surface area (Å²) < 4.78 is 5.28. The van der Waals surface area contributed by atoms with Crippen LogP contribution in [0.5, 0.6) is 5.75 Å². The molecular formula is C22H15Cl2N3O4. The number of anilines is 1. The van der Waals surface area contributed by atoms with Crippen LogP contribution in [0.25, 0.3) is 0 Å². The summed E-state index contributed by atoms with van der Waals surface area (Å²) in [5.74, 6) is -2.06. The lowest BCUT2D eigenvalue weighted by Gasteiger charge is -2.07. The summed E-state index contributed by atoms with van der Waals surface area (Å²) in [6.07, 6.45) is 1.33. The molecule has 0 aliphatic carbocycles.